The van der Waals surface area contributed by atoms with Crippen molar-refractivity contribution in [3.63, 3.8) is 0 Å². The van der Waals surface area contributed by atoms with Gasteiger partial charge in [0, 0.05) is 24.2 Å². The molecule has 94 valence electrons. The van der Waals surface area contributed by atoms with Crippen LogP contribution < -0.4 is 16.6 Å². The largest absolute Gasteiger partial charge is 0.363 e. The van der Waals surface area contributed by atoms with Crippen LogP contribution in [0.15, 0.2) is 30.7 Å². The number of nitrogens with one attached hydrogen (secondary N) is 2. The third kappa shape index (κ3) is 2.72. The van der Waals surface area contributed by atoms with Gasteiger partial charge in [0.25, 0.3) is 0 Å². The molecule has 4 N–H and O–H groups in total. The molecule has 0 aliphatic heterocycles. The summed E-state index contributed by atoms with van der Waals surface area (Å²) in [7, 11) is 0. The van der Waals surface area contributed by atoms with E-state index < -0.39 is 0 Å². The maximum absolute atomic E-state index is 5.30. The normalized spacial score (nSPS) is 11.9. The number of aromatic nitrogens is 3. The Morgan fingerprint density at radius 2 is 2.17 bits per heavy atom. The van der Waals surface area contributed by atoms with Crippen molar-refractivity contribution in [2.45, 2.75) is 19.9 Å². The average Bonchev–Trinajstić information content (AvgIpc) is 2.42. The van der Waals surface area contributed by atoms with E-state index in [1.165, 1.54) is 0 Å². The van der Waals surface area contributed by atoms with Gasteiger partial charge in [0.05, 0.1) is 6.04 Å². The molecule has 0 radical (unpaired) electrons. The molecule has 0 amide bonds. The Kier molecular flexibility index (Phi) is 3.69. The molecule has 1 atom stereocenters. The minimum Gasteiger partial charge on any atom is -0.363 e. The molecule has 0 fully saturated rings. The lowest BCUT2D eigenvalue weighted by molar-refractivity contribution is 0.860. The molecule has 0 aliphatic rings. The van der Waals surface area contributed by atoms with E-state index in [9.17, 15) is 0 Å². The summed E-state index contributed by atoms with van der Waals surface area (Å²) in [5.74, 6) is 6.45. The van der Waals surface area contributed by atoms with Crippen LogP contribution in [0.25, 0.3) is 0 Å². The van der Waals surface area contributed by atoms with Gasteiger partial charge in [-0.15, -0.1) is 0 Å². The number of nitrogens with zero attached hydrogens (tertiary/aromatic N) is 3. The van der Waals surface area contributed by atoms with Gasteiger partial charge in [0.1, 0.15) is 5.82 Å². The fourth-order valence-corrected chi connectivity index (χ4v) is 1.58. The van der Waals surface area contributed by atoms with Gasteiger partial charge in [0.2, 0.25) is 5.95 Å². The summed E-state index contributed by atoms with van der Waals surface area (Å²) in [4.78, 5) is 12.4. The summed E-state index contributed by atoms with van der Waals surface area (Å²) in [5, 5.41) is 3.31. The zero-order valence-electron chi connectivity index (χ0n) is 10.4. The first-order valence-corrected chi connectivity index (χ1v) is 5.67. The van der Waals surface area contributed by atoms with Crippen LogP contribution in [0.5, 0.6) is 0 Å². The first-order chi connectivity index (χ1) is 8.70. The van der Waals surface area contributed by atoms with Crippen LogP contribution in [0.2, 0.25) is 0 Å². The third-order valence-corrected chi connectivity index (χ3v) is 2.64. The highest BCUT2D eigenvalue weighted by Crippen LogP contribution is 2.19. The maximum atomic E-state index is 5.30. The lowest BCUT2D eigenvalue weighted by Crippen LogP contribution is -2.14. The molecule has 0 spiro atoms. The Morgan fingerprint density at radius 3 is 2.83 bits per heavy atom. The quantitative estimate of drug-likeness (QED) is 0.559. The highest BCUT2D eigenvalue weighted by atomic mass is 15.3. The van der Waals surface area contributed by atoms with Crippen molar-refractivity contribution in [2.75, 3.05) is 10.7 Å². The number of pyridine rings is 1. The zero-order chi connectivity index (χ0) is 13.0. The standard InChI is InChI=1S/C12H16N6/c1-8-6-15-12(18-13)17-11(8)16-9(2)10-4-3-5-14-7-10/h3-7,9H,13H2,1-2H3,(H2,15,16,17,18). The van der Waals surface area contributed by atoms with E-state index in [0.717, 1.165) is 16.9 Å². The minimum atomic E-state index is 0.109. The molecule has 0 aliphatic carbocycles. The van der Waals surface area contributed by atoms with Crippen LogP contribution in [0.4, 0.5) is 11.8 Å². The van der Waals surface area contributed by atoms with Gasteiger partial charge in [-0.3, -0.25) is 10.4 Å². The van der Waals surface area contributed by atoms with Crippen molar-refractivity contribution in [1.82, 2.24) is 15.0 Å². The van der Waals surface area contributed by atoms with Crippen LogP contribution in [-0.4, -0.2) is 15.0 Å². The number of anilines is 2. The highest BCUT2D eigenvalue weighted by Gasteiger charge is 2.09. The molecule has 18 heavy (non-hydrogen) atoms. The SMILES string of the molecule is Cc1cnc(NN)nc1NC(C)c1cccnc1. The molecule has 2 rings (SSSR count). The smallest absolute Gasteiger partial charge is 0.239 e. The Bertz CT molecular complexity index is 513. The van der Waals surface area contributed by atoms with E-state index in [1.54, 1.807) is 12.4 Å². The summed E-state index contributed by atoms with van der Waals surface area (Å²) in [6, 6.07) is 4.04. The molecule has 2 aromatic heterocycles. The molecule has 1 unspecified atom stereocenters. The maximum Gasteiger partial charge on any atom is 0.239 e. The Morgan fingerprint density at radius 1 is 1.33 bits per heavy atom. The molecule has 2 aromatic rings. The second kappa shape index (κ2) is 5.42. The van der Waals surface area contributed by atoms with Gasteiger partial charge in [0.15, 0.2) is 0 Å². The number of rotatable bonds is 4. The van der Waals surface area contributed by atoms with Crippen molar-refractivity contribution < 1.29 is 0 Å². The van der Waals surface area contributed by atoms with Crippen molar-refractivity contribution in [3.8, 4) is 0 Å². The molecule has 2 heterocycles. The minimum absolute atomic E-state index is 0.109. The van der Waals surface area contributed by atoms with Crippen molar-refractivity contribution in [1.29, 1.82) is 0 Å². The molecule has 6 heteroatoms. The van der Waals surface area contributed by atoms with Gasteiger partial charge in [-0.25, -0.2) is 10.8 Å². The molecule has 0 saturated heterocycles. The first kappa shape index (κ1) is 12.3. The number of nitrogens with two attached hydrogens (primary N) is 1. The number of aryl methyl sites for hydroxylation is 1. The molecule has 0 bridgehead atoms. The lowest BCUT2D eigenvalue weighted by Gasteiger charge is -2.16. The van der Waals surface area contributed by atoms with Crippen LogP contribution in [0.3, 0.4) is 0 Å². The summed E-state index contributed by atoms with van der Waals surface area (Å²) < 4.78 is 0. The van der Waals surface area contributed by atoms with Crippen molar-refractivity contribution >= 4 is 11.8 Å². The van der Waals surface area contributed by atoms with Crippen molar-refractivity contribution in [2.24, 2.45) is 5.84 Å². The van der Waals surface area contributed by atoms with Gasteiger partial charge < -0.3 is 5.32 Å². The van der Waals surface area contributed by atoms with Gasteiger partial charge in [-0.2, -0.15) is 4.98 Å². The number of hydrazine groups is 1. The lowest BCUT2D eigenvalue weighted by atomic mass is 10.1. The molecular weight excluding hydrogens is 228 g/mol. The molecule has 0 saturated carbocycles. The number of nitrogen functional groups attached to an aromatic ring is 1. The highest BCUT2D eigenvalue weighted by molar-refractivity contribution is 5.47. The Hall–Kier alpha value is -2.21. The fourth-order valence-electron chi connectivity index (χ4n) is 1.58. The summed E-state index contributed by atoms with van der Waals surface area (Å²) in [6.45, 7) is 3.99. The molecular formula is C12H16N6. The van der Waals surface area contributed by atoms with E-state index in [2.05, 4.69) is 25.7 Å². The van der Waals surface area contributed by atoms with Crippen LogP contribution >= 0.6 is 0 Å². The number of hydrogen-bond donors (Lipinski definition) is 3. The van der Waals surface area contributed by atoms with E-state index in [-0.39, 0.29) is 6.04 Å². The fraction of sp³-hybridized carbons (Fsp3) is 0.250. The third-order valence-electron chi connectivity index (χ3n) is 2.64. The Labute approximate surface area is 106 Å². The topological polar surface area (TPSA) is 88.8 Å². The van der Waals surface area contributed by atoms with Gasteiger partial charge in [-0.05, 0) is 25.5 Å². The predicted octanol–water partition coefficient (Wildman–Crippen LogP) is 1.64. The zero-order valence-corrected chi connectivity index (χ0v) is 10.4. The van der Waals surface area contributed by atoms with Gasteiger partial charge >= 0.3 is 0 Å². The average molecular weight is 244 g/mol. The monoisotopic (exact) mass is 244 g/mol. The van der Waals surface area contributed by atoms with E-state index >= 15 is 0 Å². The number of hydrogen-bond acceptors (Lipinski definition) is 6. The first-order valence-electron chi connectivity index (χ1n) is 5.67. The van der Waals surface area contributed by atoms with Crippen LogP contribution in [0.1, 0.15) is 24.1 Å². The van der Waals surface area contributed by atoms with Gasteiger partial charge in [-0.1, -0.05) is 6.07 Å². The predicted molar refractivity (Wildman–Crippen MR) is 70.9 cm³/mol. The second-order valence-corrected chi connectivity index (χ2v) is 4.02. The summed E-state index contributed by atoms with van der Waals surface area (Å²) in [6.07, 6.45) is 5.30. The summed E-state index contributed by atoms with van der Waals surface area (Å²) >= 11 is 0. The molecule has 6 nitrogen and oxygen atoms in total. The van der Waals surface area contributed by atoms with E-state index in [1.807, 2.05) is 32.2 Å². The summed E-state index contributed by atoms with van der Waals surface area (Å²) in [5.41, 5.74) is 4.49. The Balaban J connectivity index is 2.18. The van der Waals surface area contributed by atoms with E-state index in [0.29, 0.717) is 5.95 Å². The van der Waals surface area contributed by atoms with Crippen molar-refractivity contribution in [3.05, 3.63) is 41.9 Å². The van der Waals surface area contributed by atoms with Crippen LogP contribution in [0, 0.1) is 6.92 Å². The van der Waals surface area contributed by atoms with E-state index in [4.69, 9.17) is 5.84 Å². The second-order valence-electron chi connectivity index (χ2n) is 4.02. The molecule has 0 aromatic carbocycles. The van der Waals surface area contributed by atoms with Crippen LogP contribution in [-0.2, 0) is 0 Å².